The van der Waals surface area contributed by atoms with Gasteiger partial charge in [0.2, 0.25) is 0 Å². The predicted molar refractivity (Wildman–Crippen MR) is 196 cm³/mol. The Morgan fingerprint density at radius 1 is 0.889 bits per heavy atom. The van der Waals surface area contributed by atoms with E-state index in [2.05, 4.69) is 138 Å². The molecule has 8 rings (SSSR count). The van der Waals surface area contributed by atoms with Crippen LogP contribution in [0.5, 0.6) is 0 Å². The molecule has 0 saturated carbocycles. The summed E-state index contributed by atoms with van der Waals surface area (Å²) in [6, 6.07) is 32.2. The zero-order valence-electron chi connectivity index (χ0n) is 25.5. The Kier molecular flexibility index (Phi) is 7.80. The summed E-state index contributed by atoms with van der Waals surface area (Å²) in [7, 11) is 0. The molecule has 2 nitrogen and oxygen atoms in total. The highest BCUT2D eigenvalue weighted by Gasteiger charge is 2.34. The Balaban J connectivity index is 0.00000160. The zero-order valence-corrected chi connectivity index (χ0v) is 26.4. The molecule has 2 bridgehead atoms. The first-order valence-corrected chi connectivity index (χ1v) is 16.3. The van der Waals surface area contributed by atoms with Crippen molar-refractivity contribution in [3.8, 4) is 11.1 Å². The van der Waals surface area contributed by atoms with E-state index < -0.39 is 0 Å². The van der Waals surface area contributed by atoms with E-state index in [0.717, 1.165) is 23.4 Å². The highest BCUT2D eigenvalue weighted by atomic mass is 32.1. The minimum Gasteiger partial charge on any atom is -0.362 e. The summed E-state index contributed by atoms with van der Waals surface area (Å²) in [4.78, 5) is 2.41. The minimum absolute atomic E-state index is 0.837. The summed E-state index contributed by atoms with van der Waals surface area (Å²) in [6.45, 7) is 8.50. The third-order valence-electron chi connectivity index (χ3n) is 8.25. The Hall–Kier alpha value is -5.34. The number of hydrogen-bond donors (Lipinski definition) is 1. The van der Waals surface area contributed by atoms with Gasteiger partial charge in [-0.05, 0) is 76.4 Å². The summed E-state index contributed by atoms with van der Waals surface area (Å²) in [5.41, 5.74) is 15.4. The van der Waals surface area contributed by atoms with Gasteiger partial charge < -0.3 is 10.2 Å². The van der Waals surface area contributed by atoms with Crippen molar-refractivity contribution < 1.29 is 0 Å². The largest absolute Gasteiger partial charge is 0.362 e. The third kappa shape index (κ3) is 5.23. The van der Waals surface area contributed by atoms with Crippen LogP contribution in [0.3, 0.4) is 0 Å². The molecule has 5 aromatic rings. The van der Waals surface area contributed by atoms with Crippen LogP contribution < -0.4 is 10.2 Å². The Morgan fingerprint density at radius 3 is 2.56 bits per heavy atom. The number of benzene rings is 4. The molecule has 0 amide bonds. The molecule has 1 N–H and O–H groups in total. The molecular formula is C42H34N2S. The first-order valence-electron chi connectivity index (χ1n) is 15.5. The molecule has 4 aromatic carbocycles. The first kappa shape index (κ1) is 28.4. The fourth-order valence-corrected chi connectivity index (χ4v) is 7.38. The summed E-state index contributed by atoms with van der Waals surface area (Å²) in [5.74, 6) is 0. The van der Waals surface area contributed by atoms with E-state index in [9.17, 15) is 0 Å². The maximum Gasteiger partial charge on any atom is 0.0888 e. The Bertz CT molecular complexity index is 2180. The molecule has 218 valence electrons. The molecule has 3 aliphatic rings. The van der Waals surface area contributed by atoms with Crippen LogP contribution in [0.4, 0.5) is 11.4 Å². The van der Waals surface area contributed by atoms with Gasteiger partial charge in [-0.2, -0.15) is 0 Å². The smallest absolute Gasteiger partial charge is 0.0888 e. The second-order valence-corrected chi connectivity index (χ2v) is 11.9. The zero-order chi connectivity index (χ0) is 30.8. The lowest BCUT2D eigenvalue weighted by Crippen LogP contribution is -2.22. The van der Waals surface area contributed by atoms with E-state index in [4.69, 9.17) is 0 Å². The first-order chi connectivity index (χ1) is 22.2. The van der Waals surface area contributed by atoms with Crippen LogP contribution >= 0.6 is 11.3 Å². The Labute approximate surface area is 269 Å². The number of anilines is 2. The van der Waals surface area contributed by atoms with Crippen LogP contribution in [0.25, 0.3) is 36.9 Å². The molecule has 0 spiro atoms. The van der Waals surface area contributed by atoms with Gasteiger partial charge in [0.25, 0.3) is 0 Å². The number of fused-ring (bicyclic) bond motifs is 7. The third-order valence-corrected chi connectivity index (χ3v) is 9.38. The van der Waals surface area contributed by atoms with Crippen LogP contribution in [0.2, 0.25) is 0 Å². The number of allylic oxidation sites excluding steroid dienone is 9. The van der Waals surface area contributed by atoms with E-state index >= 15 is 0 Å². The summed E-state index contributed by atoms with van der Waals surface area (Å²) >= 11 is 1.86. The SMILES string of the molecule is C=C(/C=C\C=C/Nc1cccc(-c2ccccc2)c1)C1=C2C=C(C1)N(C1=C=CC=C1)c1c2ccc2sc3ccccc3c12.CC. The van der Waals surface area contributed by atoms with Crippen molar-refractivity contribution in [2.75, 3.05) is 10.2 Å². The van der Waals surface area contributed by atoms with E-state index in [1.807, 2.05) is 49.6 Å². The van der Waals surface area contributed by atoms with Crippen LogP contribution in [-0.2, 0) is 0 Å². The van der Waals surface area contributed by atoms with E-state index in [1.165, 1.54) is 59.4 Å². The van der Waals surface area contributed by atoms with Crippen molar-refractivity contribution in [1.82, 2.24) is 0 Å². The van der Waals surface area contributed by atoms with Crippen molar-refractivity contribution in [2.45, 2.75) is 20.3 Å². The van der Waals surface area contributed by atoms with Crippen LogP contribution in [-0.4, -0.2) is 0 Å². The highest BCUT2D eigenvalue weighted by Crippen LogP contribution is 2.53. The molecule has 1 aliphatic heterocycles. The molecule has 0 fully saturated rings. The molecule has 0 atom stereocenters. The molecule has 2 aliphatic carbocycles. The monoisotopic (exact) mass is 598 g/mol. The second kappa shape index (κ2) is 12.3. The number of rotatable bonds is 7. The lowest BCUT2D eigenvalue weighted by Gasteiger charge is -2.31. The van der Waals surface area contributed by atoms with Crippen LogP contribution in [0.1, 0.15) is 25.8 Å². The van der Waals surface area contributed by atoms with Crippen molar-refractivity contribution in [1.29, 1.82) is 0 Å². The minimum atomic E-state index is 0.837. The second-order valence-electron chi connectivity index (χ2n) is 10.9. The van der Waals surface area contributed by atoms with Crippen molar-refractivity contribution in [2.24, 2.45) is 0 Å². The number of thiophene rings is 1. The predicted octanol–water partition coefficient (Wildman–Crippen LogP) is 12.0. The van der Waals surface area contributed by atoms with Crippen molar-refractivity contribution in [3.63, 3.8) is 0 Å². The lowest BCUT2D eigenvalue weighted by molar-refractivity contribution is 1.04. The molecular weight excluding hydrogens is 565 g/mol. The molecule has 0 radical (unpaired) electrons. The molecule has 2 heterocycles. The Morgan fingerprint density at radius 2 is 1.71 bits per heavy atom. The van der Waals surface area contributed by atoms with Gasteiger partial charge >= 0.3 is 0 Å². The summed E-state index contributed by atoms with van der Waals surface area (Å²) in [5, 5.41) is 6.04. The summed E-state index contributed by atoms with van der Waals surface area (Å²) in [6.07, 6.45) is 17.6. The van der Waals surface area contributed by atoms with Crippen LogP contribution in [0, 0.1) is 0 Å². The lowest BCUT2D eigenvalue weighted by atomic mass is 9.93. The normalized spacial score (nSPS) is 14.8. The van der Waals surface area contributed by atoms with Gasteiger partial charge in [0.05, 0.1) is 11.4 Å². The van der Waals surface area contributed by atoms with Gasteiger partial charge in [0, 0.05) is 49.7 Å². The van der Waals surface area contributed by atoms with E-state index in [-0.39, 0.29) is 0 Å². The van der Waals surface area contributed by atoms with E-state index in [1.54, 1.807) is 0 Å². The van der Waals surface area contributed by atoms with Gasteiger partial charge in [0.15, 0.2) is 0 Å². The van der Waals surface area contributed by atoms with Crippen molar-refractivity contribution in [3.05, 3.63) is 180 Å². The molecule has 0 unspecified atom stereocenters. The molecule has 45 heavy (non-hydrogen) atoms. The van der Waals surface area contributed by atoms with Gasteiger partial charge in [-0.15, -0.1) is 11.3 Å². The maximum absolute atomic E-state index is 4.50. The fourth-order valence-electron chi connectivity index (χ4n) is 6.27. The molecule has 1 aromatic heterocycles. The molecule has 3 heteroatoms. The van der Waals surface area contributed by atoms with E-state index in [0.29, 0.717) is 0 Å². The maximum atomic E-state index is 4.50. The fraction of sp³-hybridized carbons (Fsp3) is 0.0714. The quantitative estimate of drug-likeness (QED) is 0.148. The average Bonchev–Trinajstić information content (AvgIpc) is 3.85. The standard InChI is InChI=1S/C40H28N2S.C2H6/c1-27(12-9-10-23-41-30-16-11-15-29(24-30)28-13-3-2-4-14-28)35-25-32-26-36(35)33-21-22-38-39(34-19-7-8-20-37(34)43-38)40(33)42(32)31-17-5-6-18-31;1-2/h2-17,19-24,26,41H,1,25H2;1-2H3/b12-9-,23-10-;. The number of nitrogens with zero attached hydrogens (tertiary/aromatic N) is 1. The van der Waals surface area contributed by atoms with Gasteiger partial charge in [0.1, 0.15) is 0 Å². The number of nitrogens with one attached hydrogen (secondary N) is 1. The topological polar surface area (TPSA) is 15.3 Å². The highest BCUT2D eigenvalue weighted by molar-refractivity contribution is 7.26. The average molecular weight is 599 g/mol. The van der Waals surface area contributed by atoms with Gasteiger partial charge in [-0.3, -0.25) is 0 Å². The summed E-state index contributed by atoms with van der Waals surface area (Å²) < 4.78 is 2.63. The van der Waals surface area contributed by atoms with Crippen LogP contribution in [0.15, 0.2) is 175 Å². The van der Waals surface area contributed by atoms with Gasteiger partial charge in [-0.1, -0.05) is 111 Å². The molecule has 0 saturated heterocycles. The number of hydrogen-bond acceptors (Lipinski definition) is 3. The van der Waals surface area contributed by atoms with Gasteiger partial charge in [-0.25, -0.2) is 0 Å². The van der Waals surface area contributed by atoms with Crippen molar-refractivity contribution >= 4 is 48.5 Å².